The molecule has 0 amide bonds. The number of alkyl halides is 9. The van der Waals surface area contributed by atoms with E-state index in [9.17, 15) is 39.5 Å². The highest BCUT2D eigenvalue weighted by Crippen LogP contribution is 2.37. The minimum absolute atomic E-state index is 0.275. The molecule has 0 aliphatic rings. The van der Waals surface area contributed by atoms with E-state index in [0.29, 0.717) is 0 Å². The van der Waals surface area contributed by atoms with Crippen molar-refractivity contribution in [1.82, 2.24) is 0 Å². The Morgan fingerprint density at radius 2 is 0.645 bits per heavy atom. The van der Waals surface area contributed by atoms with Gasteiger partial charge in [0, 0.05) is 0 Å². The van der Waals surface area contributed by atoms with Gasteiger partial charge < -0.3 is 0 Å². The van der Waals surface area contributed by atoms with Crippen LogP contribution in [0.5, 0.6) is 0 Å². The minimum Gasteiger partial charge on any atom is -0.166 e. The van der Waals surface area contributed by atoms with E-state index >= 15 is 0 Å². The van der Waals surface area contributed by atoms with E-state index in [1.165, 1.54) is 0 Å². The van der Waals surface area contributed by atoms with Crippen molar-refractivity contribution >= 4 is 23.8 Å². The summed E-state index contributed by atoms with van der Waals surface area (Å²) >= 11 is 0. The maximum absolute atomic E-state index is 13.2. The molecule has 0 radical (unpaired) electrons. The van der Waals surface area contributed by atoms with Gasteiger partial charge in [0.25, 0.3) is 0 Å². The smallest absolute Gasteiger partial charge is 0.166 e. The lowest BCUT2D eigenvalue weighted by Crippen LogP contribution is -2.22. The normalized spacial score (nSPS) is 15.7. The number of hydrogen-bond acceptors (Lipinski definition) is 0. The first-order chi connectivity index (χ1) is 16.7. The zero-order valence-corrected chi connectivity index (χ0v) is 15.7. The van der Waals surface area contributed by atoms with Gasteiger partial charge in [-0.25, -0.2) is 0 Å². The summed E-state index contributed by atoms with van der Waals surface area (Å²) in [5.74, 6) is 0. The van der Waals surface area contributed by atoms with E-state index in [0.717, 1.165) is 0 Å². The molecule has 0 fully saturated rings. The van der Waals surface area contributed by atoms with E-state index in [-0.39, 0.29) is 36.4 Å². The molecule has 0 heterocycles. The van der Waals surface area contributed by atoms with Crippen LogP contribution in [-0.4, -0.2) is 0 Å². The summed E-state index contributed by atoms with van der Waals surface area (Å²) in [6.07, 6.45) is -15.0. The fourth-order valence-corrected chi connectivity index (χ4v) is 4.17. The van der Waals surface area contributed by atoms with E-state index in [2.05, 4.69) is 0 Å². The molecule has 0 aromatic heterocycles. The summed E-state index contributed by atoms with van der Waals surface area (Å²) in [6.45, 7) is 0. The number of rotatable bonds is 3. The molecule has 164 valence electrons. The van der Waals surface area contributed by atoms with Crippen molar-refractivity contribution in [3.8, 4) is 0 Å². The maximum Gasteiger partial charge on any atom is 0.416 e. The summed E-state index contributed by atoms with van der Waals surface area (Å²) in [7, 11) is -2.94. The van der Waals surface area contributed by atoms with Gasteiger partial charge in [0.05, 0.1) is 24.9 Å². The Morgan fingerprint density at radius 1 is 0.452 bits per heavy atom. The van der Waals surface area contributed by atoms with Crippen molar-refractivity contribution in [3.63, 3.8) is 0 Å². The third-order valence-electron chi connectivity index (χ3n) is 3.84. The molecule has 0 spiro atoms. The highest BCUT2D eigenvalue weighted by atomic mass is 31.1. The van der Waals surface area contributed by atoms with Crippen LogP contribution >= 0.6 is 7.92 Å². The van der Waals surface area contributed by atoms with Crippen LogP contribution in [0.3, 0.4) is 0 Å². The van der Waals surface area contributed by atoms with Gasteiger partial charge in [0.1, 0.15) is 0 Å². The van der Waals surface area contributed by atoms with Crippen LogP contribution in [0, 0.1) is 0 Å². The molecule has 10 heteroatoms. The third kappa shape index (κ3) is 5.39. The largest absolute Gasteiger partial charge is 0.416 e. The van der Waals surface area contributed by atoms with Gasteiger partial charge in [-0.3, -0.25) is 0 Å². The van der Waals surface area contributed by atoms with Crippen molar-refractivity contribution in [1.29, 1.82) is 0 Å². The highest BCUT2D eigenvalue weighted by molar-refractivity contribution is 7.79. The second-order valence-corrected chi connectivity index (χ2v) is 7.99. The maximum atomic E-state index is 13.2. The van der Waals surface area contributed by atoms with Gasteiger partial charge in [-0.05, 0) is 60.2 Å². The molecule has 0 atom stereocenters. The first-order valence-electron chi connectivity index (χ1n) is 11.1. The zero-order chi connectivity index (χ0) is 28.2. The minimum atomic E-state index is -5.00. The van der Waals surface area contributed by atoms with Crippen LogP contribution in [0.1, 0.15) is 24.9 Å². The summed E-state index contributed by atoms with van der Waals surface area (Å²) in [5, 5.41) is -2.02. The molecule has 0 unspecified atom stereocenters. The standard InChI is InChI=1S/C21H12F9P/c22-19(23,24)13-1-7-16(8-2-13)31(17-9-3-14(4-10-17)20(25,26)27)18-11-5-15(6-12-18)21(28,29)30/h1-12H/i7D,8D,9D,10D,11D,12D. The molecule has 0 aliphatic carbocycles. The van der Waals surface area contributed by atoms with E-state index in [1.807, 2.05) is 0 Å². The summed E-state index contributed by atoms with van der Waals surface area (Å²) in [4.78, 5) is 0. The van der Waals surface area contributed by atoms with Crippen LogP contribution in [0.2, 0.25) is 0 Å². The van der Waals surface area contributed by atoms with E-state index in [4.69, 9.17) is 8.22 Å². The predicted molar refractivity (Wildman–Crippen MR) is 100 cm³/mol. The van der Waals surface area contributed by atoms with Crippen LogP contribution in [0.25, 0.3) is 0 Å². The van der Waals surface area contributed by atoms with Gasteiger partial charge in [-0.1, -0.05) is 36.3 Å². The Labute approximate surface area is 180 Å². The van der Waals surface area contributed by atoms with Gasteiger partial charge in [0.15, 0.2) is 0 Å². The van der Waals surface area contributed by atoms with Crippen molar-refractivity contribution in [3.05, 3.63) is 89.3 Å². The van der Waals surface area contributed by atoms with Crippen LogP contribution < -0.4 is 15.9 Å². The fraction of sp³-hybridized carbons (Fsp3) is 0.143. The molecule has 3 aromatic rings. The lowest BCUT2D eigenvalue weighted by molar-refractivity contribution is -0.138. The Morgan fingerprint density at radius 3 is 0.806 bits per heavy atom. The highest BCUT2D eigenvalue weighted by Gasteiger charge is 2.33. The van der Waals surface area contributed by atoms with Gasteiger partial charge in [0.2, 0.25) is 0 Å². The van der Waals surface area contributed by atoms with Gasteiger partial charge >= 0.3 is 18.5 Å². The Kier molecular flexibility index (Phi) is 4.26. The predicted octanol–water partition coefficient (Wildman–Crippen LogP) is 6.50. The lowest BCUT2D eigenvalue weighted by atomic mass is 10.2. The van der Waals surface area contributed by atoms with E-state index < -0.39 is 95.3 Å². The third-order valence-corrected chi connectivity index (χ3v) is 5.96. The Bertz CT molecular complexity index is 1130. The second kappa shape index (κ2) is 8.19. The molecular formula is C21H12F9P. The molecule has 0 saturated heterocycles. The monoisotopic (exact) mass is 472 g/mol. The van der Waals surface area contributed by atoms with Crippen molar-refractivity contribution in [2.24, 2.45) is 0 Å². The molecule has 0 nitrogen and oxygen atoms in total. The Hall–Kier alpha value is -2.54. The summed E-state index contributed by atoms with van der Waals surface area (Å²) < 4.78 is 168. The first-order valence-corrected chi connectivity index (χ1v) is 9.43. The van der Waals surface area contributed by atoms with Crippen LogP contribution in [0.4, 0.5) is 39.5 Å². The van der Waals surface area contributed by atoms with Crippen LogP contribution in [0.15, 0.2) is 72.7 Å². The molecule has 0 aliphatic heterocycles. The molecule has 3 rings (SSSR count). The number of benzene rings is 3. The van der Waals surface area contributed by atoms with E-state index in [1.54, 1.807) is 0 Å². The molecule has 3 aromatic carbocycles. The van der Waals surface area contributed by atoms with Gasteiger partial charge in [-0.15, -0.1) is 0 Å². The zero-order valence-electron chi connectivity index (χ0n) is 20.8. The molecular weight excluding hydrogens is 454 g/mol. The molecule has 31 heavy (non-hydrogen) atoms. The SMILES string of the molecule is [2H]c1cc(C(F)(F)F)cc([2H])c1P(c1c([2H])cc(C(F)(F)F)cc1[2H])c1c([2H])cc(C(F)(F)F)cc1[2H]. The van der Waals surface area contributed by atoms with Crippen molar-refractivity contribution < 1.29 is 47.7 Å². The van der Waals surface area contributed by atoms with Crippen molar-refractivity contribution in [2.45, 2.75) is 18.5 Å². The lowest BCUT2D eigenvalue weighted by Gasteiger charge is -2.21. The topological polar surface area (TPSA) is 0 Å². The van der Waals surface area contributed by atoms with Crippen LogP contribution in [-0.2, 0) is 18.5 Å². The average Bonchev–Trinajstić information content (AvgIpc) is 2.69. The second-order valence-electron chi connectivity index (χ2n) is 5.97. The summed E-state index contributed by atoms with van der Waals surface area (Å²) in [5.41, 5.74) is -4.30. The quantitative estimate of drug-likeness (QED) is 0.302. The number of halogens is 9. The molecule has 0 saturated carbocycles. The molecule has 0 bridgehead atoms. The fourth-order valence-electron chi connectivity index (χ4n) is 2.34. The first kappa shape index (κ1) is 16.1. The summed E-state index contributed by atoms with van der Waals surface area (Å²) in [6, 6.07) is -4.41. The van der Waals surface area contributed by atoms with Gasteiger partial charge in [-0.2, -0.15) is 39.5 Å². The van der Waals surface area contributed by atoms with Crippen molar-refractivity contribution in [2.75, 3.05) is 0 Å². The Balaban J connectivity index is 2.45. The molecule has 0 N–H and O–H groups in total. The average molecular weight is 472 g/mol. The number of hydrogen-bond donors (Lipinski definition) is 0.